The summed E-state index contributed by atoms with van der Waals surface area (Å²) in [6.45, 7) is 1.91. The van der Waals surface area contributed by atoms with E-state index in [1.807, 2.05) is 11.7 Å². The zero-order chi connectivity index (χ0) is 11.8. The van der Waals surface area contributed by atoms with Gasteiger partial charge in [0, 0.05) is 31.6 Å². The normalized spacial score (nSPS) is 15.9. The van der Waals surface area contributed by atoms with Crippen LogP contribution in [-0.2, 0) is 7.05 Å². The van der Waals surface area contributed by atoms with Crippen molar-refractivity contribution in [3.8, 4) is 11.4 Å². The third-order valence-corrected chi connectivity index (χ3v) is 3.05. The van der Waals surface area contributed by atoms with Gasteiger partial charge in [0.15, 0.2) is 5.82 Å². The fourth-order valence-electron chi connectivity index (χ4n) is 1.94. The molecule has 1 aromatic carbocycles. The standard InChI is InChI=1S/C12H13FN4/c1-17-12(9-6-14-7-9)15-11(16-17)8-2-4-10(13)5-3-8/h2-5,9,14H,6-7H2,1H3. The number of aromatic nitrogens is 3. The molecule has 0 amide bonds. The molecule has 1 N–H and O–H groups in total. The molecular weight excluding hydrogens is 219 g/mol. The lowest BCUT2D eigenvalue weighted by Gasteiger charge is -2.25. The molecule has 1 aliphatic heterocycles. The van der Waals surface area contributed by atoms with Crippen molar-refractivity contribution in [1.82, 2.24) is 20.1 Å². The Morgan fingerprint density at radius 2 is 2.00 bits per heavy atom. The van der Waals surface area contributed by atoms with Crippen LogP contribution in [0.2, 0.25) is 0 Å². The van der Waals surface area contributed by atoms with Gasteiger partial charge >= 0.3 is 0 Å². The Morgan fingerprint density at radius 3 is 2.59 bits per heavy atom. The Kier molecular flexibility index (Phi) is 2.40. The van der Waals surface area contributed by atoms with Crippen molar-refractivity contribution >= 4 is 0 Å². The molecule has 0 unspecified atom stereocenters. The summed E-state index contributed by atoms with van der Waals surface area (Å²) in [5.74, 6) is 1.85. The van der Waals surface area contributed by atoms with Crippen LogP contribution in [0.25, 0.3) is 11.4 Å². The molecule has 1 saturated heterocycles. The van der Waals surface area contributed by atoms with Gasteiger partial charge in [0.25, 0.3) is 0 Å². The van der Waals surface area contributed by atoms with Gasteiger partial charge in [0.1, 0.15) is 11.6 Å². The molecule has 0 spiro atoms. The second-order valence-electron chi connectivity index (χ2n) is 4.28. The van der Waals surface area contributed by atoms with Crippen molar-refractivity contribution in [3.05, 3.63) is 35.9 Å². The van der Waals surface area contributed by atoms with Crippen LogP contribution in [0.3, 0.4) is 0 Å². The monoisotopic (exact) mass is 232 g/mol. The summed E-state index contributed by atoms with van der Waals surface area (Å²) < 4.78 is 14.6. The minimum absolute atomic E-state index is 0.243. The lowest BCUT2D eigenvalue weighted by Crippen LogP contribution is -2.41. The molecule has 0 bridgehead atoms. The van der Waals surface area contributed by atoms with Gasteiger partial charge in [-0.1, -0.05) is 0 Å². The average molecular weight is 232 g/mol. The van der Waals surface area contributed by atoms with Gasteiger partial charge in [-0.2, -0.15) is 5.10 Å². The molecule has 1 fully saturated rings. The first-order valence-electron chi connectivity index (χ1n) is 5.61. The molecular formula is C12H13FN4. The highest BCUT2D eigenvalue weighted by Crippen LogP contribution is 2.21. The molecule has 88 valence electrons. The van der Waals surface area contributed by atoms with Crippen LogP contribution in [0, 0.1) is 5.82 Å². The number of benzene rings is 1. The highest BCUT2D eigenvalue weighted by molar-refractivity contribution is 5.54. The summed E-state index contributed by atoms with van der Waals surface area (Å²) in [6.07, 6.45) is 0. The van der Waals surface area contributed by atoms with Gasteiger partial charge in [-0.05, 0) is 24.3 Å². The molecule has 0 atom stereocenters. The van der Waals surface area contributed by atoms with E-state index in [2.05, 4.69) is 15.4 Å². The molecule has 17 heavy (non-hydrogen) atoms. The van der Waals surface area contributed by atoms with E-state index in [1.165, 1.54) is 12.1 Å². The Bertz CT molecular complexity index is 528. The fraction of sp³-hybridized carbons (Fsp3) is 0.333. The van der Waals surface area contributed by atoms with E-state index < -0.39 is 0 Å². The number of halogens is 1. The highest BCUT2D eigenvalue weighted by Gasteiger charge is 2.24. The minimum atomic E-state index is -0.243. The maximum absolute atomic E-state index is 12.8. The molecule has 1 aliphatic rings. The van der Waals surface area contributed by atoms with Crippen LogP contribution >= 0.6 is 0 Å². The van der Waals surface area contributed by atoms with Crippen molar-refractivity contribution in [3.63, 3.8) is 0 Å². The molecule has 5 heteroatoms. The minimum Gasteiger partial charge on any atom is -0.315 e. The summed E-state index contributed by atoms with van der Waals surface area (Å²) in [5, 5.41) is 7.58. The number of aryl methyl sites for hydroxylation is 1. The average Bonchev–Trinajstić information content (AvgIpc) is 2.60. The predicted molar refractivity (Wildman–Crippen MR) is 62.0 cm³/mol. The van der Waals surface area contributed by atoms with E-state index >= 15 is 0 Å². The van der Waals surface area contributed by atoms with Gasteiger partial charge in [-0.25, -0.2) is 9.37 Å². The third-order valence-electron chi connectivity index (χ3n) is 3.05. The number of rotatable bonds is 2. The topological polar surface area (TPSA) is 42.7 Å². The molecule has 1 aromatic heterocycles. The van der Waals surface area contributed by atoms with E-state index in [-0.39, 0.29) is 5.82 Å². The molecule has 2 heterocycles. The van der Waals surface area contributed by atoms with Crippen LogP contribution in [0.15, 0.2) is 24.3 Å². The zero-order valence-corrected chi connectivity index (χ0v) is 9.52. The Hall–Kier alpha value is -1.75. The van der Waals surface area contributed by atoms with E-state index in [0.29, 0.717) is 11.7 Å². The lowest BCUT2D eigenvalue weighted by atomic mass is 10.0. The van der Waals surface area contributed by atoms with Crippen LogP contribution in [0.1, 0.15) is 11.7 Å². The van der Waals surface area contributed by atoms with Gasteiger partial charge < -0.3 is 5.32 Å². The van der Waals surface area contributed by atoms with Crippen LogP contribution in [0.5, 0.6) is 0 Å². The van der Waals surface area contributed by atoms with Crippen LogP contribution < -0.4 is 5.32 Å². The van der Waals surface area contributed by atoms with Crippen molar-refractivity contribution in [2.24, 2.45) is 7.05 Å². The van der Waals surface area contributed by atoms with Gasteiger partial charge in [0.2, 0.25) is 0 Å². The second-order valence-corrected chi connectivity index (χ2v) is 4.28. The number of hydrogen-bond acceptors (Lipinski definition) is 3. The fourth-order valence-corrected chi connectivity index (χ4v) is 1.94. The molecule has 4 nitrogen and oxygen atoms in total. The molecule has 0 radical (unpaired) electrons. The summed E-state index contributed by atoms with van der Waals surface area (Å²) in [5.41, 5.74) is 0.848. The summed E-state index contributed by atoms with van der Waals surface area (Å²) >= 11 is 0. The van der Waals surface area contributed by atoms with Crippen molar-refractivity contribution in [2.45, 2.75) is 5.92 Å². The Balaban J connectivity index is 1.95. The first-order chi connectivity index (χ1) is 8.24. The van der Waals surface area contributed by atoms with Gasteiger partial charge in [-0.15, -0.1) is 0 Å². The Morgan fingerprint density at radius 1 is 1.29 bits per heavy atom. The van der Waals surface area contributed by atoms with E-state index in [0.717, 1.165) is 24.5 Å². The maximum atomic E-state index is 12.8. The van der Waals surface area contributed by atoms with Crippen LogP contribution in [-0.4, -0.2) is 27.9 Å². The van der Waals surface area contributed by atoms with Crippen molar-refractivity contribution < 1.29 is 4.39 Å². The van der Waals surface area contributed by atoms with E-state index in [4.69, 9.17) is 0 Å². The number of nitrogens with one attached hydrogen (secondary N) is 1. The second kappa shape index (κ2) is 3.92. The Labute approximate surface area is 98.5 Å². The SMILES string of the molecule is Cn1nc(-c2ccc(F)cc2)nc1C1CNC1. The summed E-state index contributed by atoms with van der Waals surface area (Å²) in [4.78, 5) is 4.52. The number of hydrogen-bond donors (Lipinski definition) is 1. The number of nitrogens with zero attached hydrogens (tertiary/aromatic N) is 3. The first-order valence-corrected chi connectivity index (χ1v) is 5.61. The summed E-state index contributed by atoms with van der Waals surface area (Å²) in [6, 6.07) is 6.26. The van der Waals surface area contributed by atoms with Gasteiger partial charge in [0.05, 0.1) is 0 Å². The smallest absolute Gasteiger partial charge is 0.181 e. The third kappa shape index (κ3) is 1.82. The largest absolute Gasteiger partial charge is 0.315 e. The summed E-state index contributed by atoms with van der Waals surface area (Å²) in [7, 11) is 1.90. The molecule has 2 aromatic rings. The lowest BCUT2D eigenvalue weighted by molar-refractivity contribution is 0.416. The van der Waals surface area contributed by atoms with Crippen LogP contribution in [0.4, 0.5) is 4.39 Å². The van der Waals surface area contributed by atoms with E-state index in [9.17, 15) is 4.39 Å². The first kappa shape index (κ1) is 10.4. The van der Waals surface area contributed by atoms with E-state index in [1.54, 1.807) is 12.1 Å². The van der Waals surface area contributed by atoms with Crippen molar-refractivity contribution in [2.75, 3.05) is 13.1 Å². The molecule has 0 saturated carbocycles. The quantitative estimate of drug-likeness (QED) is 0.849. The van der Waals surface area contributed by atoms with Crippen molar-refractivity contribution in [1.29, 1.82) is 0 Å². The highest BCUT2D eigenvalue weighted by atomic mass is 19.1. The predicted octanol–water partition coefficient (Wildman–Crippen LogP) is 1.31. The molecule has 3 rings (SSSR count). The zero-order valence-electron chi connectivity index (χ0n) is 9.52. The molecule has 0 aliphatic carbocycles. The van der Waals surface area contributed by atoms with Gasteiger partial charge in [-0.3, -0.25) is 4.68 Å². The maximum Gasteiger partial charge on any atom is 0.181 e.